The van der Waals surface area contributed by atoms with Crippen LogP contribution in [0.3, 0.4) is 0 Å². The molecule has 0 spiro atoms. The number of phenols is 1. The van der Waals surface area contributed by atoms with Gasteiger partial charge in [0.25, 0.3) is 0 Å². The summed E-state index contributed by atoms with van der Waals surface area (Å²) in [4.78, 5) is 0. The van der Waals surface area contributed by atoms with E-state index in [0.29, 0.717) is 6.07 Å². The Hall–Kier alpha value is -2.24. The molecule has 2 rings (SSSR count). The molecule has 0 saturated carbocycles. The average molecular weight is 286 g/mol. The Morgan fingerprint density at radius 2 is 1.80 bits per heavy atom. The maximum atomic E-state index is 12.9. The van der Waals surface area contributed by atoms with Gasteiger partial charge in [0.15, 0.2) is 0 Å². The zero-order valence-corrected chi connectivity index (χ0v) is 10.1. The van der Waals surface area contributed by atoms with Crippen LogP contribution >= 0.6 is 0 Å². The summed E-state index contributed by atoms with van der Waals surface area (Å²) in [5, 5.41) is 9.53. The predicted octanol–water partition coefficient (Wildman–Crippen LogP) is 4.13. The van der Waals surface area contributed by atoms with E-state index in [-0.39, 0.29) is 17.9 Å². The molecule has 0 bridgehead atoms. The molecule has 6 heteroatoms. The van der Waals surface area contributed by atoms with Crippen LogP contribution in [0.4, 0.5) is 17.6 Å². The van der Waals surface area contributed by atoms with Crippen molar-refractivity contribution in [2.75, 3.05) is 0 Å². The summed E-state index contributed by atoms with van der Waals surface area (Å²) < 4.78 is 55.3. The third kappa shape index (κ3) is 3.40. The number of alkyl halides is 3. The Labute approximate surface area is 112 Å². The van der Waals surface area contributed by atoms with Gasteiger partial charge in [0.2, 0.25) is 0 Å². The van der Waals surface area contributed by atoms with Gasteiger partial charge < -0.3 is 9.84 Å². The van der Waals surface area contributed by atoms with Gasteiger partial charge in [0, 0.05) is 11.6 Å². The van der Waals surface area contributed by atoms with E-state index in [1.807, 2.05) is 0 Å². The smallest absolute Gasteiger partial charge is 0.416 e. The molecular weight excluding hydrogens is 276 g/mol. The van der Waals surface area contributed by atoms with Gasteiger partial charge in [-0.25, -0.2) is 4.39 Å². The monoisotopic (exact) mass is 286 g/mol. The molecule has 0 aromatic heterocycles. The molecule has 0 amide bonds. The molecule has 2 aromatic carbocycles. The highest BCUT2D eigenvalue weighted by molar-refractivity contribution is 5.37. The number of benzene rings is 2. The molecular formula is C14H10F4O2. The second-order valence-electron chi connectivity index (χ2n) is 4.09. The first-order valence-corrected chi connectivity index (χ1v) is 5.64. The lowest BCUT2D eigenvalue weighted by atomic mass is 10.1. The Kier molecular flexibility index (Phi) is 3.83. The van der Waals surface area contributed by atoms with Crippen molar-refractivity contribution in [1.82, 2.24) is 0 Å². The van der Waals surface area contributed by atoms with E-state index in [1.165, 1.54) is 18.2 Å². The van der Waals surface area contributed by atoms with Crippen LogP contribution in [0, 0.1) is 5.82 Å². The van der Waals surface area contributed by atoms with E-state index in [1.54, 1.807) is 0 Å². The minimum Gasteiger partial charge on any atom is -0.508 e. The van der Waals surface area contributed by atoms with Crippen LogP contribution in [-0.4, -0.2) is 5.11 Å². The number of ether oxygens (including phenoxy) is 1. The Morgan fingerprint density at radius 1 is 1.05 bits per heavy atom. The van der Waals surface area contributed by atoms with Crippen LogP contribution in [0.2, 0.25) is 0 Å². The van der Waals surface area contributed by atoms with Gasteiger partial charge in [-0.05, 0) is 24.3 Å². The highest BCUT2D eigenvalue weighted by atomic mass is 19.4. The van der Waals surface area contributed by atoms with Gasteiger partial charge in [0.1, 0.15) is 23.9 Å². The molecule has 1 N–H and O–H groups in total. The number of phenolic OH excluding ortho intramolecular Hbond substituents is 1. The molecule has 2 nitrogen and oxygen atoms in total. The summed E-state index contributed by atoms with van der Waals surface area (Å²) in [6.07, 6.45) is -4.51. The van der Waals surface area contributed by atoms with Crippen LogP contribution in [0.1, 0.15) is 11.1 Å². The van der Waals surface area contributed by atoms with Crippen molar-refractivity contribution in [2.24, 2.45) is 0 Å². The Balaban J connectivity index is 2.11. The van der Waals surface area contributed by atoms with E-state index in [0.717, 1.165) is 18.2 Å². The number of hydrogen-bond donors (Lipinski definition) is 1. The molecule has 0 saturated heterocycles. The van der Waals surface area contributed by atoms with E-state index in [9.17, 15) is 22.7 Å². The standard InChI is InChI=1S/C14H10F4O2/c15-11-2-1-3-12(7-11)20-8-9-4-5-10(6-13(9)19)14(16,17)18/h1-7,19H,8H2. The number of aromatic hydroxyl groups is 1. The van der Waals surface area contributed by atoms with Gasteiger partial charge in [-0.3, -0.25) is 0 Å². The molecule has 0 atom stereocenters. The van der Waals surface area contributed by atoms with Crippen molar-refractivity contribution in [3.8, 4) is 11.5 Å². The summed E-state index contributed by atoms with van der Waals surface area (Å²) in [5.41, 5.74) is -0.758. The van der Waals surface area contributed by atoms with Gasteiger partial charge in [0.05, 0.1) is 5.56 Å². The Bertz CT molecular complexity index is 608. The van der Waals surface area contributed by atoms with Crippen LogP contribution in [0.5, 0.6) is 11.5 Å². The predicted molar refractivity (Wildman–Crippen MR) is 63.8 cm³/mol. The molecule has 0 heterocycles. The molecule has 0 aliphatic carbocycles. The van der Waals surface area contributed by atoms with Crippen molar-refractivity contribution in [3.05, 3.63) is 59.4 Å². The molecule has 0 radical (unpaired) electrons. The molecule has 0 fully saturated rings. The van der Waals surface area contributed by atoms with Crippen molar-refractivity contribution < 1.29 is 27.4 Å². The largest absolute Gasteiger partial charge is 0.508 e. The minimum absolute atomic E-state index is 0.159. The van der Waals surface area contributed by atoms with Gasteiger partial charge in [-0.15, -0.1) is 0 Å². The van der Waals surface area contributed by atoms with Crippen molar-refractivity contribution in [1.29, 1.82) is 0 Å². The first-order chi connectivity index (χ1) is 9.36. The quantitative estimate of drug-likeness (QED) is 0.860. The topological polar surface area (TPSA) is 29.5 Å². The second-order valence-corrected chi connectivity index (χ2v) is 4.09. The van der Waals surface area contributed by atoms with E-state index >= 15 is 0 Å². The van der Waals surface area contributed by atoms with E-state index in [4.69, 9.17) is 4.74 Å². The summed E-state index contributed by atoms with van der Waals surface area (Å²) in [6, 6.07) is 7.93. The number of hydrogen-bond acceptors (Lipinski definition) is 2. The van der Waals surface area contributed by atoms with Crippen LogP contribution < -0.4 is 4.74 Å². The molecule has 106 valence electrons. The summed E-state index contributed by atoms with van der Waals surface area (Å²) in [6.45, 7) is -0.159. The third-order valence-electron chi connectivity index (χ3n) is 2.60. The van der Waals surface area contributed by atoms with Crippen LogP contribution in [0.15, 0.2) is 42.5 Å². The van der Waals surface area contributed by atoms with Crippen LogP contribution in [0.25, 0.3) is 0 Å². The first-order valence-electron chi connectivity index (χ1n) is 5.64. The normalized spacial score (nSPS) is 11.4. The molecule has 0 unspecified atom stereocenters. The van der Waals surface area contributed by atoms with Crippen molar-refractivity contribution >= 4 is 0 Å². The maximum Gasteiger partial charge on any atom is 0.416 e. The lowest BCUT2D eigenvalue weighted by Gasteiger charge is -2.11. The lowest BCUT2D eigenvalue weighted by molar-refractivity contribution is -0.137. The van der Waals surface area contributed by atoms with Crippen molar-refractivity contribution in [3.63, 3.8) is 0 Å². The van der Waals surface area contributed by atoms with Crippen LogP contribution in [-0.2, 0) is 12.8 Å². The number of halogens is 4. The fourth-order valence-electron chi connectivity index (χ4n) is 1.58. The molecule has 0 aliphatic heterocycles. The number of rotatable bonds is 3. The van der Waals surface area contributed by atoms with E-state index < -0.39 is 23.3 Å². The summed E-state index contributed by atoms with van der Waals surface area (Å²) in [5.74, 6) is -0.778. The minimum atomic E-state index is -4.51. The van der Waals surface area contributed by atoms with E-state index in [2.05, 4.69) is 0 Å². The first kappa shape index (κ1) is 14.2. The second kappa shape index (κ2) is 5.40. The van der Waals surface area contributed by atoms with Gasteiger partial charge in [-0.1, -0.05) is 12.1 Å². The fraction of sp³-hybridized carbons (Fsp3) is 0.143. The third-order valence-corrected chi connectivity index (χ3v) is 2.60. The summed E-state index contributed by atoms with van der Waals surface area (Å²) in [7, 11) is 0. The molecule has 0 aliphatic rings. The fourth-order valence-corrected chi connectivity index (χ4v) is 1.58. The lowest BCUT2D eigenvalue weighted by Crippen LogP contribution is -2.05. The SMILES string of the molecule is Oc1cc(C(F)(F)F)ccc1COc1cccc(F)c1. The van der Waals surface area contributed by atoms with Gasteiger partial charge >= 0.3 is 6.18 Å². The highest BCUT2D eigenvalue weighted by Crippen LogP contribution is 2.32. The zero-order valence-electron chi connectivity index (χ0n) is 10.1. The summed E-state index contributed by atoms with van der Waals surface area (Å²) >= 11 is 0. The van der Waals surface area contributed by atoms with Crippen molar-refractivity contribution in [2.45, 2.75) is 12.8 Å². The van der Waals surface area contributed by atoms with Gasteiger partial charge in [-0.2, -0.15) is 13.2 Å². The maximum absolute atomic E-state index is 12.9. The zero-order chi connectivity index (χ0) is 14.8. The highest BCUT2D eigenvalue weighted by Gasteiger charge is 2.31. The molecule has 20 heavy (non-hydrogen) atoms. The Morgan fingerprint density at radius 3 is 2.40 bits per heavy atom. The molecule has 2 aromatic rings. The average Bonchev–Trinajstić information content (AvgIpc) is 2.36.